The molecule has 0 atom stereocenters. The largest absolute Gasteiger partial charge is 0.306 e. The molecule has 0 amide bonds. The summed E-state index contributed by atoms with van der Waals surface area (Å²) in [4.78, 5) is 19.7. The number of aromatic nitrogens is 2. The third-order valence-electron chi connectivity index (χ3n) is 3.53. The average Bonchev–Trinajstić information content (AvgIpc) is 2.37. The van der Waals surface area contributed by atoms with Crippen molar-refractivity contribution < 1.29 is 0 Å². The fourth-order valence-corrected chi connectivity index (χ4v) is 2.76. The highest BCUT2D eigenvalue weighted by Gasteiger charge is 2.11. The van der Waals surface area contributed by atoms with Gasteiger partial charge < -0.3 is 4.98 Å². The number of hydrogen-bond acceptors (Lipinski definition) is 2. The summed E-state index contributed by atoms with van der Waals surface area (Å²) in [5.74, 6) is 0.642. The Kier molecular flexibility index (Phi) is 2.90. The summed E-state index contributed by atoms with van der Waals surface area (Å²) in [7, 11) is 0. The van der Waals surface area contributed by atoms with Crippen LogP contribution in [0.15, 0.2) is 41.2 Å². The minimum atomic E-state index is -0.0926. The molecule has 0 aliphatic heterocycles. The number of fused-ring (bicyclic) bond motifs is 1. The van der Waals surface area contributed by atoms with Crippen molar-refractivity contribution in [2.24, 2.45) is 0 Å². The van der Waals surface area contributed by atoms with Gasteiger partial charge >= 0.3 is 0 Å². The van der Waals surface area contributed by atoms with Crippen LogP contribution in [-0.2, 0) is 0 Å². The second-order valence-corrected chi connectivity index (χ2v) is 5.21. The van der Waals surface area contributed by atoms with Crippen LogP contribution in [0.3, 0.4) is 0 Å². The number of benzene rings is 2. The summed E-state index contributed by atoms with van der Waals surface area (Å²) in [6.07, 6.45) is 0. The zero-order valence-electron chi connectivity index (χ0n) is 11.8. The minimum Gasteiger partial charge on any atom is -0.306 e. The van der Waals surface area contributed by atoms with Crippen molar-refractivity contribution in [3.05, 3.63) is 63.4 Å². The van der Waals surface area contributed by atoms with Gasteiger partial charge in [-0.15, -0.1) is 0 Å². The number of aryl methyl sites for hydroxylation is 3. The van der Waals surface area contributed by atoms with Crippen LogP contribution in [0.4, 0.5) is 0 Å². The SMILES string of the molecule is Cc1cc(C)c(-c2nc3ccccc3c(=O)[nH]2)c(C)c1. The van der Waals surface area contributed by atoms with Crippen molar-refractivity contribution >= 4 is 10.9 Å². The molecule has 1 aromatic heterocycles. The number of nitrogens with one attached hydrogen (secondary N) is 1. The molecule has 0 radical (unpaired) electrons. The van der Waals surface area contributed by atoms with Crippen LogP contribution in [0.25, 0.3) is 22.3 Å². The molecule has 3 rings (SSSR count). The van der Waals surface area contributed by atoms with Crippen molar-refractivity contribution in [3.8, 4) is 11.4 Å². The Morgan fingerprint density at radius 2 is 1.65 bits per heavy atom. The zero-order valence-corrected chi connectivity index (χ0v) is 11.8. The van der Waals surface area contributed by atoms with Gasteiger partial charge in [-0.2, -0.15) is 0 Å². The topological polar surface area (TPSA) is 45.8 Å². The highest BCUT2D eigenvalue weighted by atomic mass is 16.1. The number of nitrogens with zero attached hydrogens (tertiary/aromatic N) is 1. The smallest absolute Gasteiger partial charge is 0.259 e. The first-order valence-electron chi connectivity index (χ1n) is 6.63. The summed E-state index contributed by atoms with van der Waals surface area (Å²) in [6, 6.07) is 11.6. The molecule has 3 heteroatoms. The van der Waals surface area contributed by atoms with Gasteiger partial charge in [0.15, 0.2) is 0 Å². The van der Waals surface area contributed by atoms with Gasteiger partial charge in [0.25, 0.3) is 5.56 Å². The summed E-state index contributed by atoms with van der Waals surface area (Å²) in [6.45, 7) is 6.16. The minimum absolute atomic E-state index is 0.0926. The van der Waals surface area contributed by atoms with E-state index in [4.69, 9.17) is 0 Å². The van der Waals surface area contributed by atoms with E-state index in [-0.39, 0.29) is 5.56 Å². The molecule has 0 saturated heterocycles. The Balaban J connectivity index is 2.33. The van der Waals surface area contributed by atoms with Crippen molar-refractivity contribution in [1.29, 1.82) is 0 Å². The molecule has 3 nitrogen and oxygen atoms in total. The van der Waals surface area contributed by atoms with Crippen LogP contribution in [0.2, 0.25) is 0 Å². The van der Waals surface area contributed by atoms with Crippen molar-refractivity contribution in [2.45, 2.75) is 20.8 Å². The highest BCUT2D eigenvalue weighted by Crippen LogP contribution is 2.25. The molecular weight excluding hydrogens is 248 g/mol. The summed E-state index contributed by atoms with van der Waals surface area (Å²) < 4.78 is 0. The van der Waals surface area contributed by atoms with E-state index in [2.05, 4.69) is 29.0 Å². The fraction of sp³-hybridized carbons (Fsp3) is 0.176. The van der Waals surface area contributed by atoms with E-state index in [1.165, 1.54) is 5.56 Å². The maximum atomic E-state index is 12.2. The summed E-state index contributed by atoms with van der Waals surface area (Å²) in [5.41, 5.74) is 5.11. The van der Waals surface area contributed by atoms with Gasteiger partial charge in [-0.25, -0.2) is 4.98 Å². The lowest BCUT2D eigenvalue weighted by Crippen LogP contribution is -2.10. The number of para-hydroxylation sites is 1. The van der Waals surface area contributed by atoms with Gasteiger partial charge in [0, 0.05) is 5.56 Å². The van der Waals surface area contributed by atoms with E-state index in [1.54, 1.807) is 6.07 Å². The highest BCUT2D eigenvalue weighted by molar-refractivity contribution is 5.80. The van der Waals surface area contributed by atoms with Gasteiger partial charge in [0.05, 0.1) is 10.9 Å². The standard InChI is InChI=1S/C17H16N2O/c1-10-8-11(2)15(12(3)9-10)16-18-14-7-5-4-6-13(14)17(20)19-16/h4-9H,1-3H3,(H,18,19,20). The first-order valence-corrected chi connectivity index (χ1v) is 6.63. The molecule has 20 heavy (non-hydrogen) atoms. The molecule has 1 N–H and O–H groups in total. The van der Waals surface area contributed by atoms with E-state index in [9.17, 15) is 4.79 Å². The van der Waals surface area contributed by atoms with E-state index in [0.29, 0.717) is 11.2 Å². The van der Waals surface area contributed by atoms with E-state index >= 15 is 0 Å². The Morgan fingerprint density at radius 3 is 2.35 bits per heavy atom. The molecule has 0 fully saturated rings. The normalized spacial score (nSPS) is 10.9. The molecule has 100 valence electrons. The monoisotopic (exact) mass is 264 g/mol. The van der Waals surface area contributed by atoms with E-state index in [0.717, 1.165) is 22.2 Å². The Labute approximate surface area is 117 Å². The molecule has 0 bridgehead atoms. The molecule has 0 unspecified atom stereocenters. The number of hydrogen-bond donors (Lipinski definition) is 1. The third kappa shape index (κ3) is 2.01. The number of aromatic amines is 1. The lowest BCUT2D eigenvalue weighted by atomic mass is 9.99. The van der Waals surface area contributed by atoms with Crippen LogP contribution < -0.4 is 5.56 Å². The van der Waals surface area contributed by atoms with Crippen LogP contribution >= 0.6 is 0 Å². The average molecular weight is 264 g/mol. The first-order chi connectivity index (χ1) is 9.56. The van der Waals surface area contributed by atoms with E-state index < -0.39 is 0 Å². The Hall–Kier alpha value is -2.42. The molecule has 0 aliphatic carbocycles. The molecule has 3 aromatic rings. The number of H-pyrrole nitrogens is 1. The summed E-state index contributed by atoms with van der Waals surface area (Å²) in [5, 5.41) is 0.624. The van der Waals surface area contributed by atoms with E-state index in [1.807, 2.05) is 32.0 Å². The molecule has 1 heterocycles. The van der Waals surface area contributed by atoms with Gasteiger partial charge in [0.1, 0.15) is 5.82 Å². The molecular formula is C17H16N2O. The maximum Gasteiger partial charge on any atom is 0.259 e. The fourth-order valence-electron chi connectivity index (χ4n) is 2.76. The first kappa shape index (κ1) is 12.6. The van der Waals surface area contributed by atoms with Gasteiger partial charge in [-0.1, -0.05) is 29.8 Å². The molecule has 0 aliphatic rings. The van der Waals surface area contributed by atoms with Crippen LogP contribution in [-0.4, -0.2) is 9.97 Å². The second kappa shape index (κ2) is 4.60. The second-order valence-electron chi connectivity index (χ2n) is 5.21. The van der Waals surface area contributed by atoms with Gasteiger partial charge in [0.2, 0.25) is 0 Å². The van der Waals surface area contributed by atoms with Crippen molar-refractivity contribution in [2.75, 3.05) is 0 Å². The predicted molar refractivity (Wildman–Crippen MR) is 82.0 cm³/mol. The Bertz CT molecular complexity index is 839. The van der Waals surface area contributed by atoms with Gasteiger partial charge in [-0.3, -0.25) is 4.79 Å². The van der Waals surface area contributed by atoms with Crippen LogP contribution in [0.1, 0.15) is 16.7 Å². The third-order valence-corrected chi connectivity index (χ3v) is 3.53. The van der Waals surface area contributed by atoms with Crippen molar-refractivity contribution in [1.82, 2.24) is 9.97 Å². The summed E-state index contributed by atoms with van der Waals surface area (Å²) >= 11 is 0. The molecule has 0 spiro atoms. The van der Waals surface area contributed by atoms with Gasteiger partial charge in [-0.05, 0) is 44.0 Å². The van der Waals surface area contributed by atoms with Crippen molar-refractivity contribution in [3.63, 3.8) is 0 Å². The lowest BCUT2D eigenvalue weighted by molar-refractivity contribution is 1.16. The van der Waals surface area contributed by atoms with Crippen LogP contribution in [0, 0.1) is 20.8 Å². The molecule has 2 aromatic carbocycles. The van der Waals surface area contributed by atoms with Crippen LogP contribution in [0.5, 0.6) is 0 Å². The molecule has 0 saturated carbocycles. The quantitative estimate of drug-likeness (QED) is 0.731. The predicted octanol–water partition coefficient (Wildman–Crippen LogP) is 3.52. The zero-order chi connectivity index (χ0) is 14.3. The Morgan fingerprint density at radius 1 is 1.00 bits per heavy atom. The number of rotatable bonds is 1. The lowest BCUT2D eigenvalue weighted by Gasteiger charge is -2.11. The maximum absolute atomic E-state index is 12.2.